The first-order chi connectivity index (χ1) is 14.0. The number of amides is 1. The van der Waals surface area contributed by atoms with Crippen molar-refractivity contribution in [3.05, 3.63) is 76.5 Å². The average molecular weight is 388 g/mol. The van der Waals surface area contributed by atoms with Crippen LogP contribution in [0.1, 0.15) is 35.1 Å². The van der Waals surface area contributed by atoms with Crippen LogP contribution in [0.5, 0.6) is 0 Å². The number of aryl methyl sites for hydroxylation is 3. The van der Waals surface area contributed by atoms with E-state index in [1.807, 2.05) is 24.8 Å². The minimum absolute atomic E-state index is 0.158. The smallest absolute Gasteiger partial charge is 0.266 e. The molecular formula is C25H29N3O. The molecule has 0 saturated carbocycles. The quantitative estimate of drug-likeness (QED) is 0.586. The Morgan fingerprint density at radius 2 is 1.76 bits per heavy atom. The zero-order valence-corrected chi connectivity index (χ0v) is 17.5. The van der Waals surface area contributed by atoms with Crippen molar-refractivity contribution in [3.63, 3.8) is 0 Å². The highest BCUT2D eigenvalue weighted by molar-refractivity contribution is 5.97. The van der Waals surface area contributed by atoms with Crippen LogP contribution in [0.4, 0.5) is 5.69 Å². The highest BCUT2D eigenvalue weighted by atomic mass is 16.2. The van der Waals surface area contributed by atoms with Gasteiger partial charge in [-0.05, 0) is 62.6 Å². The molecule has 0 radical (unpaired) electrons. The number of rotatable bonds is 5. The van der Waals surface area contributed by atoms with E-state index in [1.165, 1.54) is 11.1 Å². The van der Waals surface area contributed by atoms with Gasteiger partial charge in [-0.25, -0.2) is 0 Å². The second-order valence-electron chi connectivity index (χ2n) is 8.01. The topological polar surface area (TPSA) is 56.1 Å². The maximum atomic E-state index is 12.8. The third-order valence-electron chi connectivity index (χ3n) is 5.66. The molecule has 1 aliphatic heterocycles. The summed E-state index contributed by atoms with van der Waals surface area (Å²) < 4.78 is 0. The molecule has 1 heterocycles. The summed E-state index contributed by atoms with van der Waals surface area (Å²) in [5, 5.41) is 12.7. The van der Waals surface area contributed by atoms with Gasteiger partial charge in [-0.3, -0.25) is 4.79 Å². The van der Waals surface area contributed by atoms with Crippen molar-refractivity contribution in [1.82, 2.24) is 4.90 Å². The molecule has 2 aromatic carbocycles. The molecule has 0 aliphatic carbocycles. The molecule has 1 aliphatic rings. The van der Waals surface area contributed by atoms with E-state index in [-0.39, 0.29) is 11.5 Å². The van der Waals surface area contributed by atoms with Gasteiger partial charge in [0.05, 0.1) is 0 Å². The molecule has 1 N–H and O–H groups in total. The second-order valence-corrected chi connectivity index (χ2v) is 8.01. The molecule has 0 unspecified atom stereocenters. The Morgan fingerprint density at radius 1 is 1.14 bits per heavy atom. The van der Waals surface area contributed by atoms with Gasteiger partial charge in [0.25, 0.3) is 5.91 Å². The van der Waals surface area contributed by atoms with Gasteiger partial charge >= 0.3 is 0 Å². The Hall–Kier alpha value is -3.06. The van der Waals surface area contributed by atoms with E-state index in [1.54, 1.807) is 6.20 Å². The molecule has 0 atom stereocenters. The summed E-state index contributed by atoms with van der Waals surface area (Å²) in [5.41, 5.74) is 5.87. The summed E-state index contributed by atoms with van der Waals surface area (Å²) in [6.07, 6.45) is 4.56. The van der Waals surface area contributed by atoms with Gasteiger partial charge in [0.1, 0.15) is 11.6 Å². The third kappa shape index (κ3) is 5.26. The van der Waals surface area contributed by atoms with E-state index in [0.29, 0.717) is 19.0 Å². The third-order valence-corrected chi connectivity index (χ3v) is 5.66. The van der Waals surface area contributed by atoms with Gasteiger partial charge in [-0.1, -0.05) is 48.0 Å². The van der Waals surface area contributed by atoms with Crippen molar-refractivity contribution in [2.75, 3.05) is 18.4 Å². The fourth-order valence-electron chi connectivity index (χ4n) is 4.15. The van der Waals surface area contributed by atoms with E-state index in [2.05, 4.69) is 54.7 Å². The van der Waals surface area contributed by atoms with Crippen LogP contribution in [0.15, 0.2) is 54.2 Å². The lowest BCUT2D eigenvalue weighted by Crippen LogP contribution is -2.39. The van der Waals surface area contributed by atoms with E-state index >= 15 is 0 Å². The van der Waals surface area contributed by atoms with Crippen LogP contribution in [-0.2, 0) is 11.2 Å². The number of hydrogen-bond acceptors (Lipinski definition) is 3. The molecule has 3 rings (SSSR count). The Balaban J connectivity index is 1.60. The van der Waals surface area contributed by atoms with Crippen LogP contribution >= 0.6 is 0 Å². The number of carbonyl (C=O) groups is 1. The van der Waals surface area contributed by atoms with Crippen LogP contribution in [0.2, 0.25) is 0 Å². The number of anilines is 1. The van der Waals surface area contributed by atoms with Crippen LogP contribution in [-0.4, -0.2) is 23.9 Å². The molecule has 1 saturated heterocycles. The number of nitrogens with zero attached hydrogens (tertiary/aromatic N) is 2. The van der Waals surface area contributed by atoms with Gasteiger partial charge < -0.3 is 10.2 Å². The number of nitrogens with one attached hydrogen (secondary N) is 1. The van der Waals surface area contributed by atoms with Crippen molar-refractivity contribution < 1.29 is 4.79 Å². The van der Waals surface area contributed by atoms with E-state index in [9.17, 15) is 10.1 Å². The number of nitriles is 1. The highest BCUT2D eigenvalue weighted by Gasteiger charge is 2.25. The first-order valence-electron chi connectivity index (χ1n) is 10.3. The monoisotopic (exact) mass is 387 g/mol. The van der Waals surface area contributed by atoms with Crippen LogP contribution in [0.3, 0.4) is 0 Å². The maximum absolute atomic E-state index is 12.8. The maximum Gasteiger partial charge on any atom is 0.266 e. The summed E-state index contributed by atoms with van der Waals surface area (Å²) in [5.74, 6) is 0.410. The minimum Gasteiger partial charge on any atom is -0.360 e. The number of benzene rings is 2. The van der Waals surface area contributed by atoms with Crippen molar-refractivity contribution >= 4 is 11.6 Å². The van der Waals surface area contributed by atoms with Crippen molar-refractivity contribution in [3.8, 4) is 6.07 Å². The summed E-state index contributed by atoms with van der Waals surface area (Å²) in [6.45, 7) is 7.53. The van der Waals surface area contributed by atoms with Gasteiger partial charge in [-0.15, -0.1) is 0 Å². The molecule has 4 heteroatoms. The fourth-order valence-corrected chi connectivity index (χ4v) is 4.15. The summed E-state index contributed by atoms with van der Waals surface area (Å²) in [7, 11) is 0. The van der Waals surface area contributed by atoms with Crippen LogP contribution < -0.4 is 5.32 Å². The predicted octanol–water partition coefficient (Wildman–Crippen LogP) is 4.91. The lowest BCUT2D eigenvalue weighted by atomic mass is 9.90. The normalized spacial score (nSPS) is 15.1. The molecule has 150 valence electrons. The summed E-state index contributed by atoms with van der Waals surface area (Å²) in [6, 6.07) is 16.8. The SMILES string of the molecule is Cc1cc(C)c(N/C=C(/C#N)C(=O)N2CCC(Cc3ccccc3)CC2)c(C)c1. The molecule has 0 spiro atoms. The van der Waals surface area contributed by atoms with E-state index in [4.69, 9.17) is 0 Å². The number of piperidine rings is 1. The fraction of sp³-hybridized carbons (Fsp3) is 0.360. The Bertz CT molecular complexity index is 909. The predicted molar refractivity (Wildman–Crippen MR) is 117 cm³/mol. The molecule has 4 nitrogen and oxygen atoms in total. The van der Waals surface area contributed by atoms with E-state index in [0.717, 1.165) is 36.1 Å². The Kier molecular flexibility index (Phi) is 6.72. The Labute approximate surface area is 173 Å². The average Bonchev–Trinajstić information content (AvgIpc) is 2.71. The highest BCUT2D eigenvalue weighted by Crippen LogP contribution is 2.24. The molecule has 1 fully saturated rings. The van der Waals surface area contributed by atoms with Crippen molar-refractivity contribution in [2.45, 2.75) is 40.0 Å². The first-order valence-corrected chi connectivity index (χ1v) is 10.3. The van der Waals surface area contributed by atoms with Gasteiger partial charge in [0.2, 0.25) is 0 Å². The first kappa shape index (κ1) is 20.7. The van der Waals surface area contributed by atoms with Crippen LogP contribution in [0, 0.1) is 38.0 Å². The number of carbonyl (C=O) groups excluding carboxylic acids is 1. The van der Waals surface area contributed by atoms with Crippen molar-refractivity contribution in [1.29, 1.82) is 5.26 Å². The summed E-state index contributed by atoms with van der Waals surface area (Å²) in [4.78, 5) is 14.6. The summed E-state index contributed by atoms with van der Waals surface area (Å²) >= 11 is 0. The Morgan fingerprint density at radius 3 is 2.34 bits per heavy atom. The molecule has 0 aromatic heterocycles. The second kappa shape index (κ2) is 9.43. The van der Waals surface area contributed by atoms with Gasteiger partial charge in [0, 0.05) is 25.0 Å². The molecular weight excluding hydrogens is 358 g/mol. The number of likely N-dealkylation sites (tertiary alicyclic amines) is 1. The molecule has 2 aromatic rings. The largest absolute Gasteiger partial charge is 0.360 e. The van der Waals surface area contributed by atoms with Crippen molar-refractivity contribution in [2.24, 2.45) is 5.92 Å². The van der Waals surface area contributed by atoms with Gasteiger partial charge in [-0.2, -0.15) is 5.26 Å². The zero-order chi connectivity index (χ0) is 20.8. The molecule has 0 bridgehead atoms. The van der Waals surface area contributed by atoms with E-state index < -0.39 is 0 Å². The molecule has 29 heavy (non-hydrogen) atoms. The zero-order valence-electron chi connectivity index (χ0n) is 17.5. The standard InChI is InChI=1S/C25H29N3O/c1-18-13-19(2)24(20(3)14-18)27-17-23(16-26)25(29)28-11-9-22(10-12-28)15-21-7-5-4-6-8-21/h4-8,13-14,17,22,27H,9-12,15H2,1-3H3/b23-17-. The lowest BCUT2D eigenvalue weighted by Gasteiger charge is -2.32. The van der Waals surface area contributed by atoms with Crippen LogP contribution in [0.25, 0.3) is 0 Å². The molecule has 1 amide bonds. The number of hydrogen-bond donors (Lipinski definition) is 1. The lowest BCUT2D eigenvalue weighted by molar-refractivity contribution is -0.128. The van der Waals surface area contributed by atoms with Gasteiger partial charge in [0.15, 0.2) is 0 Å². The minimum atomic E-state index is -0.180.